The van der Waals surface area contributed by atoms with Crippen LogP contribution >= 0.6 is 11.6 Å². The van der Waals surface area contributed by atoms with Gasteiger partial charge in [0.25, 0.3) is 0 Å². The van der Waals surface area contributed by atoms with Gasteiger partial charge in [0, 0.05) is 24.9 Å². The Morgan fingerprint density at radius 1 is 1.29 bits per heavy atom. The fraction of sp³-hybridized carbons (Fsp3) is 0.462. The summed E-state index contributed by atoms with van der Waals surface area (Å²) in [5.74, 6) is -0.0172. The highest BCUT2D eigenvalue weighted by molar-refractivity contribution is 6.29. The highest BCUT2D eigenvalue weighted by Crippen LogP contribution is 2.23. The molecule has 1 amide bonds. The van der Waals surface area contributed by atoms with E-state index in [1.807, 2.05) is 35.2 Å². The summed E-state index contributed by atoms with van der Waals surface area (Å²) in [7, 11) is 0. The number of ether oxygens (including phenoxy) is 1. The van der Waals surface area contributed by atoms with E-state index in [1.165, 1.54) is 0 Å². The van der Waals surface area contributed by atoms with Gasteiger partial charge in [0.15, 0.2) is 0 Å². The normalized spacial score (nSPS) is 16.8. The summed E-state index contributed by atoms with van der Waals surface area (Å²) >= 11 is 5.69. The fourth-order valence-electron chi connectivity index (χ4n) is 2.15. The average molecular weight is 254 g/mol. The molecule has 0 radical (unpaired) electrons. The Kier molecular flexibility index (Phi) is 4.40. The molecule has 92 valence electrons. The van der Waals surface area contributed by atoms with Crippen LogP contribution < -0.4 is 4.90 Å². The predicted molar refractivity (Wildman–Crippen MR) is 68.5 cm³/mol. The van der Waals surface area contributed by atoms with E-state index in [1.54, 1.807) is 0 Å². The molecule has 1 aliphatic heterocycles. The molecule has 0 unspecified atom stereocenters. The number of hydrogen-bond acceptors (Lipinski definition) is 2. The molecule has 3 nitrogen and oxygen atoms in total. The van der Waals surface area contributed by atoms with Gasteiger partial charge >= 0.3 is 0 Å². The molecule has 1 aromatic rings. The molecule has 2 rings (SSSR count). The predicted octanol–water partition coefficient (Wildman–Crippen LogP) is 2.44. The highest BCUT2D eigenvalue weighted by Gasteiger charge is 2.26. The Labute approximate surface area is 106 Å². The second kappa shape index (κ2) is 6.03. The molecule has 0 bridgehead atoms. The molecule has 0 aliphatic carbocycles. The van der Waals surface area contributed by atoms with E-state index in [0.717, 1.165) is 18.5 Å². The van der Waals surface area contributed by atoms with E-state index < -0.39 is 0 Å². The molecule has 1 heterocycles. The van der Waals surface area contributed by atoms with E-state index in [0.29, 0.717) is 13.2 Å². The van der Waals surface area contributed by atoms with Gasteiger partial charge in [-0.05, 0) is 25.0 Å². The largest absolute Gasteiger partial charge is 0.381 e. The smallest absolute Gasteiger partial charge is 0.242 e. The summed E-state index contributed by atoms with van der Waals surface area (Å²) < 4.78 is 5.33. The van der Waals surface area contributed by atoms with Gasteiger partial charge in [-0.15, -0.1) is 11.6 Å². The van der Waals surface area contributed by atoms with Crippen molar-refractivity contribution < 1.29 is 9.53 Å². The summed E-state index contributed by atoms with van der Waals surface area (Å²) in [5.41, 5.74) is 0.921. The maximum atomic E-state index is 12.0. The standard InChI is InChI=1S/C13H16ClNO2/c14-10-13(16)15(11-4-2-1-3-5-11)12-6-8-17-9-7-12/h1-5,12H,6-10H2. The zero-order valence-electron chi connectivity index (χ0n) is 9.64. The lowest BCUT2D eigenvalue weighted by molar-refractivity contribution is -0.117. The first-order valence-electron chi connectivity index (χ1n) is 5.83. The van der Waals surface area contributed by atoms with Crippen LogP contribution in [0.1, 0.15) is 12.8 Å². The molecular weight excluding hydrogens is 238 g/mol. The Hall–Kier alpha value is -1.06. The lowest BCUT2D eigenvalue weighted by Gasteiger charge is -2.34. The molecule has 0 aromatic heterocycles. The number of halogens is 1. The SMILES string of the molecule is O=C(CCl)N(c1ccccc1)C1CCOCC1. The van der Waals surface area contributed by atoms with Crippen LogP contribution in [0.3, 0.4) is 0 Å². The molecule has 1 aliphatic rings. The number of carbonyl (C=O) groups is 1. The van der Waals surface area contributed by atoms with Crippen LogP contribution in [0.15, 0.2) is 30.3 Å². The molecule has 4 heteroatoms. The van der Waals surface area contributed by atoms with Gasteiger partial charge in [0.1, 0.15) is 5.88 Å². The highest BCUT2D eigenvalue weighted by atomic mass is 35.5. The monoisotopic (exact) mass is 253 g/mol. The molecule has 1 saturated heterocycles. The van der Waals surface area contributed by atoms with Crippen molar-refractivity contribution in [1.29, 1.82) is 0 Å². The van der Waals surface area contributed by atoms with Crippen LogP contribution in [0.2, 0.25) is 0 Å². The van der Waals surface area contributed by atoms with Crippen molar-refractivity contribution in [2.24, 2.45) is 0 Å². The topological polar surface area (TPSA) is 29.5 Å². The van der Waals surface area contributed by atoms with E-state index in [9.17, 15) is 4.79 Å². The van der Waals surface area contributed by atoms with E-state index >= 15 is 0 Å². The van der Waals surface area contributed by atoms with Gasteiger partial charge in [-0.3, -0.25) is 4.79 Å². The van der Waals surface area contributed by atoms with Crippen LogP contribution in [-0.2, 0) is 9.53 Å². The number of hydrogen-bond donors (Lipinski definition) is 0. The van der Waals surface area contributed by atoms with Crippen molar-refractivity contribution in [3.8, 4) is 0 Å². The maximum absolute atomic E-state index is 12.0. The molecule has 0 N–H and O–H groups in total. The van der Waals surface area contributed by atoms with Gasteiger partial charge in [-0.2, -0.15) is 0 Å². The third kappa shape index (κ3) is 2.99. The van der Waals surface area contributed by atoms with Crippen molar-refractivity contribution in [2.45, 2.75) is 18.9 Å². The summed E-state index contributed by atoms with van der Waals surface area (Å²) in [6.07, 6.45) is 1.75. The molecule has 0 saturated carbocycles. The minimum atomic E-state index is -0.0373. The summed E-state index contributed by atoms with van der Waals surface area (Å²) in [6, 6.07) is 9.90. The van der Waals surface area contributed by atoms with Crippen molar-refractivity contribution in [1.82, 2.24) is 0 Å². The number of rotatable bonds is 3. The van der Waals surface area contributed by atoms with E-state index in [-0.39, 0.29) is 17.8 Å². The molecule has 1 fully saturated rings. The summed E-state index contributed by atoms with van der Waals surface area (Å²) in [6.45, 7) is 1.42. The molecular formula is C13H16ClNO2. The second-order valence-electron chi connectivity index (χ2n) is 4.08. The molecule has 17 heavy (non-hydrogen) atoms. The van der Waals surface area contributed by atoms with Crippen LogP contribution in [0.25, 0.3) is 0 Å². The van der Waals surface area contributed by atoms with Crippen molar-refractivity contribution in [3.63, 3.8) is 0 Å². The lowest BCUT2D eigenvalue weighted by Crippen LogP contribution is -2.44. The molecule has 1 aromatic carbocycles. The van der Waals surface area contributed by atoms with Crippen molar-refractivity contribution in [3.05, 3.63) is 30.3 Å². The zero-order chi connectivity index (χ0) is 12.1. The van der Waals surface area contributed by atoms with Crippen LogP contribution in [-0.4, -0.2) is 31.0 Å². The first kappa shape index (κ1) is 12.4. The summed E-state index contributed by atoms with van der Waals surface area (Å²) in [4.78, 5) is 13.8. The first-order chi connectivity index (χ1) is 8.33. The first-order valence-corrected chi connectivity index (χ1v) is 6.37. The quantitative estimate of drug-likeness (QED) is 0.775. The number of nitrogens with zero attached hydrogens (tertiary/aromatic N) is 1. The number of amides is 1. The number of benzene rings is 1. The Morgan fingerprint density at radius 3 is 2.53 bits per heavy atom. The Bertz CT molecular complexity index is 363. The third-order valence-corrected chi connectivity index (χ3v) is 3.20. The van der Waals surface area contributed by atoms with Gasteiger partial charge < -0.3 is 9.64 Å². The Morgan fingerprint density at radius 2 is 1.94 bits per heavy atom. The number of alkyl halides is 1. The molecule has 0 atom stereocenters. The number of anilines is 1. The van der Waals surface area contributed by atoms with Crippen LogP contribution in [0.5, 0.6) is 0 Å². The average Bonchev–Trinajstić information content (AvgIpc) is 2.41. The van der Waals surface area contributed by atoms with E-state index in [4.69, 9.17) is 16.3 Å². The minimum Gasteiger partial charge on any atom is -0.381 e. The third-order valence-electron chi connectivity index (χ3n) is 2.97. The van der Waals surface area contributed by atoms with Gasteiger partial charge in [-0.25, -0.2) is 0 Å². The van der Waals surface area contributed by atoms with Gasteiger partial charge in [-0.1, -0.05) is 18.2 Å². The van der Waals surface area contributed by atoms with Crippen molar-refractivity contribution in [2.75, 3.05) is 24.0 Å². The lowest BCUT2D eigenvalue weighted by atomic mass is 10.1. The second-order valence-corrected chi connectivity index (χ2v) is 4.34. The van der Waals surface area contributed by atoms with E-state index in [2.05, 4.69) is 0 Å². The zero-order valence-corrected chi connectivity index (χ0v) is 10.4. The summed E-state index contributed by atoms with van der Waals surface area (Å²) in [5, 5.41) is 0. The van der Waals surface area contributed by atoms with Gasteiger partial charge in [0.05, 0.1) is 0 Å². The number of carbonyl (C=O) groups excluding carboxylic acids is 1. The Balaban J connectivity index is 2.21. The van der Waals surface area contributed by atoms with Crippen LogP contribution in [0, 0.1) is 0 Å². The maximum Gasteiger partial charge on any atom is 0.242 e. The van der Waals surface area contributed by atoms with Gasteiger partial charge in [0.2, 0.25) is 5.91 Å². The van der Waals surface area contributed by atoms with Crippen molar-refractivity contribution >= 4 is 23.2 Å². The minimum absolute atomic E-state index is 0.0201. The number of para-hydroxylation sites is 1. The fourth-order valence-corrected chi connectivity index (χ4v) is 2.28. The molecule has 0 spiro atoms. The van der Waals surface area contributed by atoms with Crippen LogP contribution in [0.4, 0.5) is 5.69 Å².